The average molecular weight is 1230 g/mol. The number of phenols is 3. The summed E-state index contributed by atoms with van der Waals surface area (Å²) in [5, 5.41) is 30.9. The maximum atomic E-state index is 11.8. The van der Waals surface area contributed by atoms with Crippen molar-refractivity contribution in [1.29, 1.82) is 0 Å². The molecular formula is C44H55Cl5N4O20S3. The number of nitrogen functional groups attached to an aromatic ring is 1. The minimum Gasteiger partial charge on any atom is -0.506 e. The Morgan fingerprint density at radius 1 is 0.671 bits per heavy atom. The number of benzene rings is 4. The number of hydrogen-bond acceptors (Lipinski definition) is 20. The van der Waals surface area contributed by atoms with Gasteiger partial charge in [-0.2, -0.15) is 25.3 Å². The molecule has 0 fully saturated rings. The van der Waals surface area contributed by atoms with Crippen LogP contribution in [0.2, 0.25) is 15.1 Å². The Morgan fingerprint density at radius 2 is 1.08 bits per heavy atom. The van der Waals surface area contributed by atoms with Gasteiger partial charge in [0.05, 0.1) is 11.7 Å². The van der Waals surface area contributed by atoms with E-state index in [-0.39, 0.29) is 99.7 Å². The van der Waals surface area contributed by atoms with Crippen LogP contribution in [0.4, 0.5) is 15.3 Å². The fourth-order valence-electron chi connectivity index (χ4n) is 5.16. The van der Waals surface area contributed by atoms with E-state index in [0.717, 1.165) is 18.2 Å². The molecular weight excluding hydrogens is 1180 g/mol. The van der Waals surface area contributed by atoms with Crippen LogP contribution >= 0.6 is 58.8 Å². The van der Waals surface area contributed by atoms with Crippen molar-refractivity contribution in [2.75, 3.05) is 12.3 Å². The lowest BCUT2D eigenvalue weighted by molar-refractivity contribution is -0.120. The van der Waals surface area contributed by atoms with Gasteiger partial charge in [0.1, 0.15) is 60.9 Å². The molecule has 0 aromatic heterocycles. The summed E-state index contributed by atoms with van der Waals surface area (Å²) >= 11 is 21.7. The quantitative estimate of drug-likeness (QED) is 0.0257. The number of aromatic hydroxyl groups is 3. The van der Waals surface area contributed by atoms with Crippen molar-refractivity contribution in [2.24, 2.45) is 11.5 Å². The molecule has 4 aromatic rings. The SMILES string of the molecule is CC(=O)Cc1cc(Cl)cc(S(=O)(=O)O)c1O.CC(=O)[C@@H](N)CCC(=O)Cc1cc(Cl)cc(S(=O)(=O)O)c1O.CC(=O)[C@H](CN)NC(=O)OC(C)(C)C.Cl.Nc1cc(Cl)cc(S(=O)(=O)O)c1O.O=C(Cl)Oc1ccccc1. The first-order chi connectivity index (χ1) is 34.1. The van der Waals surface area contributed by atoms with E-state index in [0.29, 0.717) is 5.75 Å². The minimum absolute atomic E-state index is 0. The van der Waals surface area contributed by atoms with E-state index >= 15 is 0 Å². The Morgan fingerprint density at radius 3 is 1.43 bits per heavy atom. The number of rotatable bonds is 15. The number of alkyl carbamates (subject to hydrolysis) is 1. The van der Waals surface area contributed by atoms with Crippen LogP contribution in [-0.2, 0) is 67.1 Å². The standard InChI is InChI=1S/C13H16ClNO6S.C9H9ClO5S.C9H18N2O3.C7H5ClO2.C6H6ClNO4S.ClH/c1-7(16)11(15)3-2-10(17)5-8-4-9(14)6-12(13(8)18)22(19,20)21;1-5(11)2-6-3-7(10)4-8(9(6)12)16(13,14)15;1-6(12)7(5-10)11-8(13)14-9(2,3)4;8-7(9)10-6-4-2-1-3-5-6;7-3-1-4(8)6(9)5(2-3)13(10,11)12;/h4,6,11,18H,2-3,5,15H2,1H3,(H,19,20,21);3-4,12H,2H2,1H3,(H,13,14,15);7H,5,10H2,1-4H3,(H,11,13);1-5H;1-2,9H,8H2,(H,10,11,12);1H/t11-;;7-;;;/m0.0.../s1. The summed E-state index contributed by atoms with van der Waals surface area (Å²) in [6.45, 7) is 9.29. The van der Waals surface area contributed by atoms with E-state index in [1.165, 1.54) is 39.0 Å². The normalized spacial score (nSPS) is 11.7. The van der Waals surface area contributed by atoms with Crippen molar-refractivity contribution in [3.8, 4) is 23.0 Å². The van der Waals surface area contributed by atoms with E-state index in [1.807, 2.05) is 6.07 Å². The summed E-state index contributed by atoms with van der Waals surface area (Å²) < 4.78 is 101. The number of carbonyl (C=O) groups excluding carboxylic acids is 6. The second kappa shape index (κ2) is 32.4. The highest BCUT2D eigenvalue weighted by Gasteiger charge is 2.24. The van der Waals surface area contributed by atoms with E-state index in [2.05, 4.69) is 10.1 Å². The number of nitrogens with one attached hydrogen (secondary N) is 1. The molecule has 1 amide bonds. The van der Waals surface area contributed by atoms with Gasteiger partial charge in [-0.1, -0.05) is 53.0 Å². The largest absolute Gasteiger partial charge is 0.506 e. The van der Waals surface area contributed by atoms with Gasteiger partial charge in [-0.15, -0.1) is 12.4 Å². The third kappa shape index (κ3) is 28.7. The van der Waals surface area contributed by atoms with E-state index in [1.54, 1.807) is 45.0 Å². The number of carbonyl (C=O) groups is 6. The van der Waals surface area contributed by atoms with Crippen molar-refractivity contribution >= 4 is 130 Å². The highest BCUT2D eigenvalue weighted by atomic mass is 35.5. The molecule has 24 nitrogen and oxygen atoms in total. The third-order valence-electron chi connectivity index (χ3n) is 8.58. The number of hydrogen-bond donors (Lipinski definition) is 10. The van der Waals surface area contributed by atoms with Crippen LogP contribution in [0, 0.1) is 0 Å². The zero-order chi connectivity index (χ0) is 58.6. The van der Waals surface area contributed by atoms with Gasteiger partial charge in [0.2, 0.25) is 0 Å². The van der Waals surface area contributed by atoms with Gasteiger partial charge in [-0.3, -0.25) is 32.8 Å². The molecule has 13 N–H and O–H groups in total. The number of halogens is 5. The fourth-order valence-corrected chi connectivity index (χ4v) is 8.09. The van der Waals surface area contributed by atoms with E-state index < -0.39 is 91.5 Å². The van der Waals surface area contributed by atoms with Gasteiger partial charge in [0.15, 0.2) is 11.5 Å². The maximum absolute atomic E-state index is 11.8. The van der Waals surface area contributed by atoms with Gasteiger partial charge >= 0.3 is 11.5 Å². The Kier molecular flexibility index (Phi) is 30.9. The maximum Gasteiger partial charge on any atom is 0.409 e. The first-order valence-corrected chi connectivity index (χ1v) is 26.6. The van der Waals surface area contributed by atoms with E-state index in [9.17, 15) is 64.2 Å². The molecule has 2 atom stereocenters. The molecule has 0 saturated carbocycles. The van der Waals surface area contributed by atoms with Crippen LogP contribution in [-0.4, -0.2) is 113 Å². The van der Waals surface area contributed by atoms with Crippen LogP contribution in [0.1, 0.15) is 65.5 Å². The predicted octanol–water partition coefficient (Wildman–Crippen LogP) is 6.67. The van der Waals surface area contributed by atoms with Gasteiger partial charge in [0.25, 0.3) is 30.4 Å². The molecule has 424 valence electrons. The Balaban J connectivity index is 0. The second-order valence-electron chi connectivity index (χ2n) is 16.1. The van der Waals surface area contributed by atoms with Gasteiger partial charge < -0.3 is 47.3 Å². The molecule has 0 heterocycles. The Bertz CT molecular complexity index is 3040. The molecule has 4 rings (SSSR count). The van der Waals surface area contributed by atoms with E-state index in [4.69, 9.17) is 87.1 Å². The lowest BCUT2D eigenvalue weighted by Crippen LogP contribution is -2.46. The first kappa shape index (κ1) is 72.7. The van der Waals surface area contributed by atoms with Crippen LogP contribution in [0.5, 0.6) is 23.0 Å². The number of ether oxygens (including phenoxy) is 2. The Hall–Kier alpha value is -5.40. The van der Waals surface area contributed by atoms with Crippen LogP contribution in [0.15, 0.2) is 81.4 Å². The minimum atomic E-state index is -4.66. The zero-order valence-electron chi connectivity index (χ0n) is 40.8. The van der Waals surface area contributed by atoms with Crippen molar-refractivity contribution in [2.45, 2.75) is 99.6 Å². The number of ketones is 4. The number of para-hydroxylation sites is 1. The lowest BCUT2D eigenvalue weighted by atomic mass is 10.0. The number of anilines is 1. The fraction of sp³-hybridized carbons (Fsp3) is 0.318. The summed E-state index contributed by atoms with van der Waals surface area (Å²) in [4.78, 5) is 63.8. The van der Waals surface area contributed by atoms with Crippen molar-refractivity contribution in [3.63, 3.8) is 0 Å². The molecule has 0 saturated heterocycles. The lowest BCUT2D eigenvalue weighted by Gasteiger charge is -2.21. The van der Waals surface area contributed by atoms with Crippen LogP contribution in [0.25, 0.3) is 0 Å². The molecule has 0 radical (unpaired) electrons. The molecule has 76 heavy (non-hydrogen) atoms. The van der Waals surface area contributed by atoms with Crippen LogP contribution < -0.4 is 27.3 Å². The van der Waals surface area contributed by atoms with Crippen molar-refractivity contribution < 1.29 is 92.5 Å². The topological polar surface area (TPSA) is 435 Å². The van der Waals surface area contributed by atoms with Gasteiger partial charge in [0, 0.05) is 63.6 Å². The van der Waals surface area contributed by atoms with Crippen LogP contribution in [0.3, 0.4) is 0 Å². The van der Waals surface area contributed by atoms with Crippen molar-refractivity contribution in [1.82, 2.24) is 5.32 Å². The molecule has 0 aliphatic carbocycles. The number of nitrogens with two attached hydrogens (primary N) is 3. The summed E-state index contributed by atoms with van der Waals surface area (Å²) in [5.74, 6) is -2.66. The molecule has 0 aliphatic rings. The third-order valence-corrected chi connectivity index (χ3v) is 11.9. The molecule has 0 aliphatic heterocycles. The number of Topliss-reactive ketones (excluding diaryl/α,β-unsaturated/α-hetero) is 4. The number of phenolic OH excluding ortho intramolecular Hbond substituents is 3. The monoisotopic (exact) mass is 1230 g/mol. The summed E-state index contributed by atoms with van der Waals surface area (Å²) in [6, 6.07) is 13.6. The predicted molar refractivity (Wildman–Crippen MR) is 283 cm³/mol. The zero-order valence-corrected chi connectivity index (χ0v) is 47.1. The van der Waals surface area contributed by atoms with Crippen molar-refractivity contribution in [3.05, 3.63) is 92.9 Å². The smallest absolute Gasteiger partial charge is 0.409 e. The van der Waals surface area contributed by atoms with Gasteiger partial charge in [-0.05, 0) is 96.5 Å². The first-order valence-electron chi connectivity index (χ1n) is 20.7. The van der Waals surface area contributed by atoms with Gasteiger partial charge in [-0.25, -0.2) is 9.59 Å². The molecule has 32 heteroatoms. The molecule has 0 bridgehead atoms. The summed E-state index contributed by atoms with van der Waals surface area (Å²) in [5.41, 5.74) is 14.5. The second-order valence-corrected chi connectivity index (χ2v) is 21.9. The molecule has 4 aromatic carbocycles. The molecule has 0 unspecified atom stereocenters. The highest BCUT2D eigenvalue weighted by molar-refractivity contribution is 7.86. The summed E-state index contributed by atoms with van der Waals surface area (Å²) in [7, 11) is -13.7. The Labute approximate surface area is 463 Å². The molecule has 0 spiro atoms. The summed E-state index contributed by atoms with van der Waals surface area (Å²) in [6.07, 6.45) is -0.925. The average Bonchev–Trinajstić information content (AvgIpc) is 3.24. The number of amides is 1. The highest BCUT2D eigenvalue weighted by Crippen LogP contribution is 2.34.